The molecule has 1 saturated heterocycles. The molecule has 0 radical (unpaired) electrons. The Morgan fingerprint density at radius 3 is 2.63 bits per heavy atom. The first kappa shape index (κ1) is 22.7. The Hall–Kier alpha value is -4.11. The number of hydrogen-bond acceptors (Lipinski definition) is 8. The molecule has 0 spiro atoms. The van der Waals surface area contributed by atoms with Crippen LogP contribution in [0.4, 0.5) is 11.8 Å². The Labute approximate surface area is 203 Å². The molecule has 0 bridgehead atoms. The van der Waals surface area contributed by atoms with Gasteiger partial charge in [-0.25, -0.2) is 4.98 Å². The fourth-order valence-electron chi connectivity index (χ4n) is 4.01. The molecule has 0 unspecified atom stereocenters. The van der Waals surface area contributed by atoms with Crippen molar-refractivity contribution in [1.29, 1.82) is 0 Å². The minimum atomic E-state index is -0.00786. The zero-order chi connectivity index (χ0) is 24.2. The highest BCUT2D eigenvalue weighted by Crippen LogP contribution is 2.24. The van der Waals surface area contributed by atoms with Gasteiger partial charge in [-0.2, -0.15) is 15.1 Å². The summed E-state index contributed by atoms with van der Waals surface area (Å²) in [5, 5.41) is 4.39. The van der Waals surface area contributed by atoms with Crippen molar-refractivity contribution in [2.75, 3.05) is 36.6 Å². The van der Waals surface area contributed by atoms with E-state index in [1.807, 2.05) is 62.4 Å². The van der Waals surface area contributed by atoms with E-state index < -0.39 is 0 Å². The number of hydrogen-bond donors (Lipinski definition) is 1. The lowest BCUT2D eigenvalue weighted by Gasteiger charge is -2.27. The van der Waals surface area contributed by atoms with E-state index in [9.17, 15) is 4.79 Å². The number of aromatic nitrogens is 4. The maximum Gasteiger partial charge on any atom is 0.229 e. The van der Waals surface area contributed by atoms with Crippen LogP contribution in [0.3, 0.4) is 0 Å². The molecule has 4 aromatic rings. The minimum Gasteiger partial charge on any atom is -0.378 e. The molecule has 178 valence electrons. The topological polar surface area (TPSA) is 97.5 Å². The molecule has 1 aliphatic rings. The summed E-state index contributed by atoms with van der Waals surface area (Å²) in [6.45, 7) is 6.74. The smallest absolute Gasteiger partial charge is 0.229 e. The number of Topliss-reactive ketones (excluding diaryl/α,β-unsaturated/α-hetero) is 1. The first-order chi connectivity index (χ1) is 17.1. The van der Waals surface area contributed by atoms with Gasteiger partial charge in [-0.05, 0) is 25.5 Å². The standard InChI is InChI=1S/C26H27N7O2/c1-18-5-3-7-20(13-18)15-28-31-24-23-25(30-26(29-24)32-9-11-35-12-10-32)33(17-27-23)16-22(34)21-8-4-6-19(2)14-21/h3-8,13-15,17H,9-12,16H2,1-2H3,(H,29,30,31)/b28-15+. The number of aryl methyl sites for hydroxylation is 2. The van der Waals surface area contributed by atoms with E-state index in [4.69, 9.17) is 14.7 Å². The number of imidazole rings is 1. The molecule has 0 saturated carbocycles. The Bertz CT molecular complexity index is 1390. The fourth-order valence-corrected chi connectivity index (χ4v) is 4.01. The number of ether oxygens (including phenoxy) is 1. The van der Waals surface area contributed by atoms with Gasteiger partial charge in [0.05, 0.1) is 32.3 Å². The molecule has 9 heteroatoms. The van der Waals surface area contributed by atoms with Crippen LogP contribution in [-0.4, -0.2) is 57.8 Å². The summed E-state index contributed by atoms with van der Waals surface area (Å²) in [5.74, 6) is 1.03. The van der Waals surface area contributed by atoms with Gasteiger partial charge >= 0.3 is 0 Å². The monoisotopic (exact) mass is 469 g/mol. The van der Waals surface area contributed by atoms with Crippen LogP contribution >= 0.6 is 0 Å². The number of carbonyl (C=O) groups excluding carboxylic acids is 1. The van der Waals surface area contributed by atoms with Crippen molar-refractivity contribution >= 4 is 34.9 Å². The molecule has 0 aliphatic carbocycles. The van der Waals surface area contributed by atoms with E-state index in [2.05, 4.69) is 20.4 Å². The first-order valence-corrected chi connectivity index (χ1v) is 11.6. The second kappa shape index (κ2) is 10.0. The lowest BCUT2D eigenvalue weighted by Crippen LogP contribution is -2.37. The van der Waals surface area contributed by atoms with Crippen LogP contribution in [0.25, 0.3) is 11.2 Å². The van der Waals surface area contributed by atoms with E-state index in [0.29, 0.717) is 54.8 Å². The molecule has 3 heterocycles. The van der Waals surface area contributed by atoms with Crippen LogP contribution in [0.15, 0.2) is 60.0 Å². The predicted octanol–water partition coefficient (Wildman–Crippen LogP) is 3.61. The van der Waals surface area contributed by atoms with Gasteiger partial charge in [0.15, 0.2) is 22.8 Å². The molecule has 2 aromatic carbocycles. The Morgan fingerprint density at radius 2 is 1.86 bits per heavy atom. The second-order valence-electron chi connectivity index (χ2n) is 8.59. The number of hydrazone groups is 1. The highest BCUT2D eigenvalue weighted by Gasteiger charge is 2.20. The SMILES string of the molecule is Cc1cccc(/C=N/Nc2nc(N3CCOCC3)nc3c2ncn3CC(=O)c2cccc(C)c2)c1. The van der Waals surface area contributed by atoms with Crippen LogP contribution in [-0.2, 0) is 11.3 Å². The maximum absolute atomic E-state index is 13.0. The number of morpholine rings is 1. The first-order valence-electron chi connectivity index (χ1n) is 11.6. The number of fused-ring (bicyclic) bond motifs is 1. The normalized spacial score (nSPS) is 14.1. The molecule has 1 aliphatic heterocycles. The third kappa shape index (κ3) is 5.20. The van der Waals surface area contributed by atoms with Gasteiger partial charge in [-0.1, -0.05) is 53.6 Å². The highest BCUT2D eigenvalue weighted by molar-refractivity contribution is 5.97. The minimum absolute atomic E-state index is 0.00786. The van der Waals surface area contributed by atoms with Crippen LogP contribution in [0.5, 0.6) is 0 Å². The fraction of sp³-hybridized carbons (Fsp3) is 0.269. The number of benzene rings is 2. The average molecular weight is 470 g/mol. The zero-order valence-corrected chi connectivity index (χ0v) is 19.8. The van der Waals surface area contributed by atoms with E-state index in [1.54, 1.807) is 17.1 Å². The van der Waals surface area contributed by atoms with E-state index in [-0.39, 0.29) is 12.3 Å². The van der Waals surface area contributed by atoms with Gasteiger partial charge in [0.1, 0.15) is 0 Å². The number of anilines is 2. The molecule has 5 rings (SSSR count). The van der Waals surface area contributed by atoms with Gasteiger partial charge in [-0.3, -0.25) is 10.2 Å². The average Bonchev–Trinajstić information content (AvgIpc) is 3.27. The van der Waals surface area contributed by atoms with Gasteiger partial charge in [0.25, 0.3) is 0 Å². The second-order valence-corrected chi connectivity index (χ2v) is 8.59. The van der Waals surface area contributed by atoms with Gasteiger partial charge in [0, 0.05) is 18.7 Å². The van der Waals surface area contributed by atoms with Crippen LogP contribution in [0.1, 0.15) is 27.0 Å². The van der Waals surface area contributed by atoms with Crippen molar-refractivity contribution in [3.8, 4) is 0 Å². The lowest BCUT2D eigenvalue weighted by atomic mass is 10.1. The summed E-state index contributed by atoms with van der Waals surface area (Å²) in [7, 11) is 0. The Morgan fingerprint density at radius 1 is 1.09 bits per heavy atom. The maximum atomic E-state index is 13.0. The van der Waals surface area contributed by atoms with Gasteiger partial charge in [-0.15, -0.1) is 0 Å². The summed E-state index contributed by atoms with van der Waals surface area (Å²) in [6.07, 6.45) is 3.37. The van der Waals surface area contributed by atoms with Crippen LogP contribution < -0.4 is 10.3 Å². The van der Waals surface area contributed by atoms with Crippen molar-refractivity contribution in [2.24, 2.45) is 5.10 Å². The van der Waals surface area contributed by atoms with Crippen molar-refractivity contribution in [2.45, 2.75) is 20.4 Å². The number of nitrogens with zero attached hydrogens (tertiary/aromatic N) is 6. The lowest BCUT2D eigenvalue weighted by molar-refractivity contribution is 0.0973. The van der Waals surface area contributed by atoms with Crippen molar-refractivity contribution in [1.82, 2.24) is 19.5 Å². The summed E-state index contributed by atoms with van der Waals surface area (Å²) < 4.78 is 7.25. The molecule has 2 aromatic heterocycles. The molecule has 35 heavy (non-hydrogen) atoms. The summed E-state index contributed by atoms with van der Waals surface area (Å²) in [5.41, 5.74) is 8.02. The number of ketones is 1. The zero-order valence-electron chi connectivity index (χ0n) is 19.8. The third-order valence-corrected chi connectivity index (χ3v) is 5.83. The Kier molecular flexibility index (Phi) is 6.49. The van der Waals surface area contributed by atoms with E-state index >= 15 is 0 Å². The molecule has 0 atom stereocenters. The predicted molar refractivity (Wildman–Crippen MR) is 136 cm³/mol. The quantitative estimate of drug-likeness (QED) is 0.251. The number of nitrogens with one attached hydrogen (secondary N) is 1. The van der Waals surface area contributed by atoms with Crippen LogP contribution in [0.2, 0.25) is 0 Å². The van der Waals surface area contributed by atoms with Crippen LogP contribution in [0, 0.1) is 13.8 Å². The Balaban J connectivity index is 1.48. The molecular weight excluding hydrogens is 442 g/mol. The van der Waals surface area contributed by atoms with Gasteiger partial charge in [0.2, 0.25) is 5.95 Å². The largest absolute Gasteiger partial charge is 0.378 e. The van der Waals surface area contributed by atoms with Crippen molar-refractivity contribution in [3.63, 3.8) is 0 Å². The number of rotatable bonds is 7. The molecule has 1 fully saturated rings. The van der Waals surface area contributed by atoms with Crippen molar-refractivity contribution < 1.29 is 9.53 Å². The van der Waals surface area contributed by atoms with Gasteiger partial charge < -0.3 is 14.2 Å². The molecule has 1 N–H and O–H groups in total. The summed E-state index contributed by atoms with van der Waals surface area (Å²) >= 11 is 0. The van der Waals surface area contributed by atoms with E-state index in [1.165, 1.54) is 0 Å². The van der Waals surface area contributed by atoms with Crippen molar-refractivity contribution in [3.05, 3.63) is 77.1 Å². The molecule has 0 amide bonds. The molecular formula is C26H27N7O2. The van der Waals surface area contributed by atoms with E-state index in [0.717, 1.165) is 16.7 Å². The summed E-state index contributed by atoms with van der Waals surface area (Å²) in [4.78, 5) is 29.0. The third-order valence-electron chi connectivity index (χ3n) is 5.83. The summed E-state index contributed by atoms with van der Waals surface area (Å²) in [6, 6.07) is 15.6. The number of carbonyl (C=O) groups is 1. The highest BCUT2D eigenvalue weighted by atomic mass is 16.5. The molecule has 9 nitrogen and oxygen atoms in total.